The van der Waals surface area contributed by atoms with Gasteiger partial charge in [-0.1, -0.05) is 33.6 Å². The molecule has 0 spiro atoms. The number of carbonyl (C=O) groups is 2. The summed E-state index contributed by atoms with van der Waals surface area (Å²) >= 11 is 0. The van der Waals surface area contributed by atoms with Crippen LogP contribution in [-0.4, -0.2) is 24.1 Å². The van der Waals surface area contributed by atoms with Crippen molar-refractivity contribution in [1.82, 2.24) is 0 Å². The molecule has 18 heavy (non-hydrogen) atoms. The molecule has 0 aromatic rings. The highest BCUT2D eigenvalue weighted by atomic mass is 16.6. The number of esters is 2. The van der Waals surface area contributed by atoms with E-state index in [4.69, 9.17) is 9.47 Å². The van der Waals surface area contributed by atoms with Gasteiger partial charge in [-0.15, -0.1) is 0 Å². The highest BCUT2D eigenvalue weighted by Gasteiger charge is 2.44. The molecule has 1 unspecified atom stereocenters. The second-order valence-corrected chi connectivity index (χ2v) is 5.44. The lowest BCUT2D eigenvalue weighted by atomic mass is 9.95. The monoisotopic (exact) mass is 256 g/mol. The van der Waals surface area contributed by atoms with E-state index in [1.165, 1.54) is 0 Å². The zero-order chi connectivity index (χ0) is 13.7. The van der Waals surface area contributed by atoms with E-state index in [0.717, 1.165) is 19.3 Å². The summed E-state index contributed by atoms with van der Waals surface area (Å²) in [6.45, 7) is 7.80. The Morgan fingerprint density at radius 1 is 1.44 bits per heavy atom. The molecule has 1 saturated heterocycles. The number of carbonyl (C=O) groups excluding carboxylic acids is 2. The van der Waals surface area contributed by atoms with E-state index in [2.05, 4.69) is 6.92 Å². The first kappa shape index (κ1) is 15.0. The van der Waals surface area contributed by atoms with E-state index >= 15 is 0 Å². The van der Waals surface area contributed by atoms with Gasteiger partial charge in [-0.05, 0) is 19.3 Å². The fraction of sp³-hybridized carbons (Fsp3) is 0.857. The molecule has 4 heteroatoms. The Bertz CT molecular complexity index is 298. The summed E-state index contributed by atoms with van der Waals surface area (Å²) < 4.78 is 10.6. The van der Waals surface area contributed by atoms with Crippen molar-refractivity contribution < 1.29 is 19.1 Å². The number of hydrogen-bond acceptors (Lipinski definition) is 4. The smallest absolute Gasteiger partial charge is 0.313 e. The van der Waals surface area contributed by atoms with Crippen LogP contribution in [0.1, 0.15) is 53.4 Å². The number of hydrogen-bond donors (Lipinski definition) is 0. The quantitative estimate of drug-likeness (QED) is 0.686. The third-order valence-electron chi connectivity index (χ3n) is 3.18. The number of unbranched alkanes of at least 4 members (excludes halogenated alkanes) is 1. The topological polar surface area (TPSA) is 52.6 Å². The van der Waals surface area contributed by atoms with Gasteiger partial charge >= 0.3 is 11.9 Å². The molecule has 0 aliphatic carbocycles. The molecule has 1 heterocycles. The van der Waals surface area contributed by atoms with Crippen molar-refractivity contribution in [2.75, 3.05) is 0 Å². The third kappa shape index (κ3) is 4.00. The Balaban J connectivity index is 2.59. The van der Waals surface area contributed by atoms with Crippen molar-refractivity contribution in [2.45, 2.75) is 65.6 Å². The van der Waals surface area contributed by atoms with Crippen LogP contribution >= 0.6 is 0 Å². The highest BCUT2D eigenvalue weighted by Crippen LogP contribution is 2.29. The van der Waals surface area contributed by atoms with Gasteiger partial charge in [0.1, 0.15) is 6.10 Å². The average molecular weight is 256 g/mol. The molecular weight excluding hydrogens is 232 g/mol. The Labute approximate surface area is 109 Å². The number of rotatable bonds is 6. The van der Waals surface area contributed by atoms with Crippen LogP contribution in [0, 0.1) is 11.8 Å². The Hall–Kier alpha value is -1.06. The van der Waals surface area contributed by atoms with Crippen LogP contribution in [0.2, 0.25) is 0 Å². The minimum absolute atomic E-state index is 0.224. The normalized spacial score (nSPS) is 27.4. The van der Waals surface area contributed by atoms with E-state index < -0.39 is 6.10 Å². The molecule has 0 amide bonds. The lowest BCUT2D eigenvalue weighted by molar-refractivity contribution is -0.154. The Morgan fingerprint density at radius 3 is 2.67 bits per heavy atom. The van der Waals surface area contributed by atoms with E-state index in [-0.39, 0.29) is 29.9 Å². The maximum absolute atomic E-state index is 11.7. The summed E-state index contributed by atoms with van der Waals surface area (Å²) in [7, 11) is 0. The predicted octanol–water partition coefficient (Wildman–Crippen LogP) is 2.70. The summed E-state index contributed by atoms with van der Waals surface area (Å²) in [6, 6.07) is 0. The number of cyclic esters (lactones) is 1. The molecule has 104 valence electrons. The van der Waals surface area contributed by atoms with Crippen molar-refractivity contribution in [3.8, 4) is 0 Å². The minimum atomic E-state index is -0.407. The SMILES string of the molecule is CCCC[C@H]1C(=O)O[C@@H](C)C1OC(=O)CC(C)C. The van der Waals surface area contributed by atoms with Crippen molar-refractivity contribution in [3.05, 3.63) is 0 Å². The van der Waals surface area contributed by atoms with Gasteiger partial charge in [0.05, 0.1) is 5.92 Å². The van der Waals surface area contributed by atoms with Crippen LogP contribution in [0.25, 0.3) is 0 Å². The van der Waals surface area contributed by atoms with Gasteiger partial charge in [-0.25, -0.2) is 0 Å². The molecule has 3 atom stereocenters. The molecule has 1 aliphatic rings. The molecule has 1 fully saturated rings. The van der Waals surface area contributed by atoms with Crippen molar-refractivity contribution in [2.24, 2.45) is 11.8 Å². The van der Waals surface area contributed by atoms with Gasteiger partial charge in [-0.2, -0.15) is 0 Å². The summed E-state index contributed by atoms with van der Waals surface area (Å²) in [4.78, 5) is 23.4. The summed E-state index contributed by atoms with van der Waals surface area (Å²) in [5, 5.41) is 0. The van der Waals surface area contributed by atoms with Crippen LogP contribution in [0.4, 0.5) is 0 Å². The fourth-order valence-corrected chi connectivity index (χ4v) is 2.22. The van der Waals surface area contributed by atoms with E-state index in [0.29, 0.717) is 6.42 Å². The molecule has 0 aromatic heterocycles. The van der Waals surface area contributed by atoms with Gasteiger partial charge in [-0.3, -0.25) is 9.59 Å². The zero-order valence-electron chi connectivity index (χ0n) is 11.8. The van der Waals surface area contributed by atoms with Gasteiger partial charge in [0.15, 0.2) is 6.10 Å². The highest BCUT2D eigenvalue weighted by molar-refractivity contribution is 5.77. The summed E-state index contributed by atoms with van der Waals surface area (Å²) in [5.41, 5.74) is 0. The maximum Gasteiger partial charge on any atom is 0.313 e. The Kier molecular flexibility index (Phi) is 5.63. The van der Waals surface area contributed by atoms with Crippen molar-refractivity contribution >= 4 is 11.9 Å². The summed E-state index contributed by atoms with van der Waals surface area (Å²) in [5.74, 6) is -0.476. The fourth-order valence-electron chi connectivity index (χ4n) is 2.22. The van der Waals surface area contributed by atoms with Crippen molar-refractivity contribution in [1.29, 1.82) is 0 Å². The van der Waals surface area contributed by atoms with Crippen molar-refractivity contribution in [3.63, 3.8) is 0 Å². The molecule has 0 bridgehead atoms. The first-order chi connectivity index (χ1) is 8.45. The van der Waals surface area contributed by atoms with Gasteiger partial charge in [0.2, 0.25) is 0 Å². The van der Waals surface area contributed by atoms with Gasteiger partial charge < -0.3 is 9.47 Å². The maximum atomic E-state index is 11.7. The van der Waals surface area contributed by atoms with Gasteiger partial charge in [0.25, 0.3) is 0 Å². The third-order valence-corrected chi connectivity index (χ3v) is 3.18. The first-order valence-electron chi connectivity index (χ1n) is 6.85. The molecule has 1 aliphatic heterocycles. The van der Waals surface area contributed by atoms with E-state index in [9.17, 15) is 9.59 Å². The molecule has 4 nitrogen and oxygen atoms in total. The van der Waals surface area contributed by atoms with Crippen LogP contribution < -0.4 is 0 Å². The van der Waals surface area contributed by atoms with E-state index in [1.807, 2.05) is 13.8 Å². The molecule has 1 rings (SSSR count). The van der Waals surface area contributed by atoms with E-state index in [1.54, 1.807) is 6.92 Å². The molecular formula is C14H24O4. The summed E-state index contributed by atoms with van der Waals surface area (Å²) in [6.07, 6.45) is 2.36. The second-order valence-electron chi connectivity index (χ2n) is 5.44. The lowest BCUT2D eigenvalue weighted by Crippen LogP contribution is -2.31. The molecule has 0 N–H and O–H groups in total. The molecule has 0 aromatic carbocycles. The lowest BCUT2D eigenvalue weighted by Gasteiger charge is -2.19. The van der Waals surface area contributed by atoms with Gasteiger partial charge in [0, 0.05) is 6.42 Å². The van der Waals surface area contributed by atoms with Crippen LogP contribution in [0.15, 0.2) is 0 Å². The standard InChI is InChI=1S/C14H24O4/c1-5-6-7-11-13(10(4)17-14(11)16)18-12(15)8-9(2)3/h9-11,13H,5-8H2,1-4H3/t10-,11+,13?/m0/s1. The first-order valence-corrected chi connectivity index (χ1v) is 6.85. The minimum Gasteiger partial charge on any atom is -0.458 e. The average Bonchev–Trinajstić information content (AvgIpc) is 2.50. The second kappa shape index (κ2) is 6.76. The molecule has 0 saturated carbocycles. The van der Waals surface area contributed by atoms with Crippen LogP contribution in [0.3, 0.4) is 0 Å². The number of ether oxygens (including phenoxy) is 2. The van der Waals surface area contributed by atoms with Crippen LogP contribution in [-0.2, 0) is 19.1 Å². The Morgan fingerprint density at radius 2 is 2.11 bits per heavy atom. The largest absolute Gasteiger partial charge is 0.458 e. The zero-order valence-corrected chi connectivity index (χ0v) is 11.8. The van der Waals surface area contributed by atoms with Crippen LogP contribution in [0.5, 0.6) is 0 Å². The molecule has 0 radical (unpaired) electrons. The predicted molar refractivity (Wildman–Crippen MR) is 67.9 cm³/mol.